The molecule has 1 unspecified atom stereocenters. The highest BCUT2D eigenvalue weighted by Gasteiger charge is 2.12. The molecule has 2 rings (SSSR count). The summed E-state index contributed by atoms with van der Waals surface area (Å²) in [6, 6.07) is 9.90. The van der Waals surface area contributed by atoms with Crippen LogP contribution in [-0.4, -0.2) is 15.5 Å². The lowest BCUT2D eigenvalue weighted by atomic mass is 10.1. The van der Waals surface area contributed by atoms with E-state index in [1.807, 2.05) is 48.0 Å². The van der Waals surface area contributed by atoms with Crippen molar-refractivity contribution in [3.05, 3.63) is 54.6 Å². The Kier molecular flexibility index (Phi) is 4.12. The quantitative estimate of drug-likeness (QED) is 0.871. The molecule has 0 bridgehead atoms. The molecule has 0 radical (unpaired) electrons. The summed E-state index contributed by atoms with van der Waals surface area (Å²) in [5, 5.41) is 2.94. The minimum atomic E-state index is -0.0667. The van der Waals surface area contributed by atoms with Gasteiger partial charge in [-0.3, -0.25) is 4.79 Å². The molecular formula is C14H17N3O. The molecule has 0 aliphatic rings. The predicted octanol–water partition coefficient (Wildman–Crippen LogP) is 1.84. The average molecular weight is 243 g/mol. The summed E-state index contributed by atoms with van der Waals surface area (Å²) in [4.78, 5) is 15.9. The average Bonchev–Trinajstić information content (AvgIpc) is 2.90. The Morgan fingerprint density at radius 1 is 1.39 bits per heavy atom. The van der Waals surface area contributed by atoms with Crippen molar-refractivity contribution < 1.29 is 4.79 Å². The Hall–Kier alpha value is -2.10. The van der Waals surface area contributed by atoms with Crippen molar-refractivity contribution in [1.82, 2.24) is 14.9 Å². The first-order chi connectivity index (χ1) is 8.75. The van der Waals surface area contributed by atoms with E-state index in [9.17, 15) is 4.79 Å². The Labute approximate surface area is 107 Å². The van der Waals surface area contributed by atoms with Crippen LogP contribution in [0.4, 0.5) is 0 Å². The van der Waals surface area contributed by atoms with E-state index >= 15 is 0 Å². The highest BCUT2D eigenvalue weighted by atomic mass is 16.1. The lowest BCUT2D eigenvalue weighted by Gasteiger charge is -2.12. The molecule has 4 nitrogen and oxygen atoms in total. The molecule has 94 valence electrons. The van der Waals surface area contributed by atoms with Gasteiger partial charge in [-0.25, -0.2) is 4.98 Å². The predicted molar refractivity (Wildman–Crippen MR) is 69.7 cm³/mol. The molecule has 1 aromatic heterocycles. The second kappa shape index (κ2) is 6.00. The number of hydrogen-bond donors (Lipinski definition) is 1. The third kappa shape index (κ3) is 3.45. The Balaban J connectivity index is 1.81. The molecule has 1 aromatic carbocycles. The summed E-state index contributed by atoms with van der Waals surface area (Å²) in [5.74, 6) is -0.00420. The van der Waals surface area contributed by atoms with Gasteiger partial charge in [0, 0.05) is 25.5 Å². The monoisotopic (exact) mass is 243 g/mol. The Morgan fingerprint density at radius 3 is 2.83 bits per heavy atom. The van der Waals surface area contributed by atoms with Crippen molar-refractivity contribution in [1.29, 1.82) is 0 Å². The molecule has 1 N–H and O–H groups in total. The molecule has 1 heterocycles. The molecule has 0 aliphatic heterocycles. The molecule has 0 aliphatic carbocycles. The van der Waals surface area contributed by atoms with Crippen molar-refractivity contribution in [2.75, 3.05) is 0 Å². The van der Waals surface area contributed by atoms with Gasteiger partial charge in [-0.1, -0.05) is 37.3 Å². The van der Waals surface area contributed by atoms with Gasteiger partial charge >= 0.3 is 0 Å². The minimum absolute atomic E-state index is 0.0625. The number of nitrogens with one attached hydrogen (secondary N) is 1. The van der Waals surface area contributed by atoms with Gasteiger partial charge < -0.3 is 9.88 Å². The van der Waals surface area contributed by atoms with Gasteiger partial charge in [-0.05, 0) is 5.56 Å². The zero-order chi connectivity index (χ0) is 12.8. The molecule has 18 heavy (non-hydrogen) atoms. The van der Waals surface area contributed by atoms with Crippen LogP contribution in [0, 0.1) is 5.92 Å². The van der Waals surface area contributed by atoms with Gasteiger partial charge in [0.05, 0.1) is 12.2 Å². The van der Waals surface area contributed by atoms with E-state index in [2.05, 4.69) is 10.3 Å². The van der Waals surface area contributed by atoms with Crippen LogP contribution in [-0.2, 0) is 17.9 Å². The zero-order valence-corrected chi connectivity index (χ0v) is 10.4. The smallest absolute Gasteiger partial charge is 0.224 e. The summed E-state index contributed by atoms with van der Waals surface area (Å²) < 4.78 is 1.91. The highest BCUT2D eigenvalue weighted by Crippen LogP contribution is 2.02. The van der Waals surface area contributed by atoms with Gasteiger partial charge in [0.1, 0.15) is 0 Å². The zero-order valence-electron chi connectivity index (χ0n) is 10.4. The summed E-state index contributed by atoms with van der Waals surface area (Å²) in [6.45, 7) is 3.15. The summed E-state index contributed by atoms with van der Waals surface area (Å²) in [7, 11) is 0. The Bertz CT molecular complexity index is 479. The summed E-state index contributed by atoms with van der Waals surface area (Å²) in [5.41, 5.74) is 1.11. The largest absolute Gasteiger partial charge is 0.352 e. The van der Waals surface area contributed by atoms with Gasteiger partial charge in [-0.15, -0.1) is 0 Å². The first-order valence-electron chi connectivity index (χ1n) is 6.03. The number of carbonyl (C=O) groups excluding carboxylic acids is 1. The first-order valence-corrected chi connectivity index (χ1v) is 6.03. The maximum absolute atomic E-state index is 11.9. The molecular weight excluding hydrogens is 226 g/mol. The van der Waals surface area contributed by atoms with Crippen LogP contribution >= 0.6 is 0 Å². The third-order valence-corrected chi connectivity index (χ3v) is 2.80. The van der Waals surface area contributed by atoms with Crippen LogP contribution < -0.4 is 5.32 Å². The van der Waals surface area contributed by atoms with Crippen LogP contribution in [0.25, 0.3) is 0 Å². The summed E-state index contributed by atoms with van der Waals surface area (Å²) in [6.07, 6.45) is 5.30. The van der Waals surface area contributed by atoms with Crippen molar-refractivity contribution >= 4 is 5.91 Å². The van der Waals surface area contributed by atoms with Crippen molar-refractivity contribution in [3.63, 3.8) is 0 Å². The van der Waals surface area contributed by atoms with Crippen LogP contribution in [0.2, 0.25) is 0 Å². The molecule has 1 atom stereocenters. The fraction of sp³-hybridized carbons (Fsp3) is 0.286. The van der Waals surface area contributed by atoms with E-state index in [1.165, 1.54) is 0 Å². The number of benzene rings is 1. The fourth-order valence-electron chi connectivity index (χ4n) is 1.75. The lowest BCUT2D eigenvalue weighted by molar-refractivity contribution is -0.125. The number of imidazole rings is 1. The molecule has 0 saturated carbocycles. The molecule has 1 amide bonds. The normalized spacial score (nSPS) is 12.1. The van der Waals surface area contributed by atoms with Crippen molar-refractivity contribution in [2.24, 2.45) is 5.92 Å². The fourth-order valence-corrected chi connectivity index (χ4v) is 1.75. The number of aromatic nitrogens is 2. The van der Waals surface area contributed by atoms with E-state index < -0.39 is 0 Å². The molecule has 2 aromatic rings. The Morgan fingerprint density at radius 2 is 2.17 bits per heavy atom. The van der Waals surface area contributed by atoms with Crippen LogP contribution in [0.1, 0.15) is 12.5 Å². The number of nitrogens with zero attached hydrogens (tertiary/aromatic N) is 2. The highest BCUT2D eigenvalue weighted by molar-refractivity contribution is 5.78. The van der Waals surface area contributed by atoms with Crippen LogP contribution in [0.5, 0.6) is 0 Å². The second-order valence-corrected chi connectivity index (χ2v) is 4.36. The van der Waals surface area contributed by atoms with Crippen molar-refractivity contribution in [3.8, 4) is 0 Å². The standard InChI is InChI=1S/C14H17N3O/c1-12(10-17-8-7-15-11-17)14(18)16-9-13-5-3-2-4-6-13/h2-8,11-12H,9-10H2,1H3,(H,16,18). The maximum atomic E-state index is 11.9. The number of hydrogen-bond acceptors (Lipinski definition) is 2. The molecule has 0 spiro atoms. The lowest BCUT2D eigenvalue weighted by Crippen LogP contribution is -2.30. The van der Waals surface area contributed by atoms with Gasteiger partial charge in [0.2, 0.25) is 5.91 Å². The van der Waals surface area contributed by atoms with Crippen LogP contribution in [0.3, 0.4) is 0 Å². The van der Waals surface area contributed by atoms with E-state index in [-0.39, 0.29) is 11.8 Å². The van der Waals surface area contributed by atoms with E-state index in [0.29, 0.717) is 13.1 Å². The molecule has 0 fully saturated rings. The van der Waals surface area contributed by atoms with Crippen LogP contribution in [0.15, 0.2) is 49.1 Å². The first kappa shape index (κ1) is 12.4. The number of carbonyl (C=O) groups is 1. The van der Waals surface area contributed by atoms with Crippen molar-refractivity contribution in [2.45, 2.75) is 20.0 Å². The van der Waals surface area contributed by atoms with Gasteiger partial charge in [-0.2, -0.15) is 0 Å². The van der Waals surface area contributed by atoms with E-state index in [0.717, 1.165) is 5.56 Å². The molecule has 4 heteroatoms. The van der Waals surface area contributed by atoms with Gasteiger partial charge in [0.25, 0.3) is 0 Å². The minimum Gasteiger partial charge on any atom is -0.352 e. The molecule has 0 saturated heterocycles. The topological polar surface area (TPSA) is 46.9 Å². The van der Waals surface area contributed by atoms with E-state index in [1.54, 1.807) is 12.5 Å². The number of amides is 1. The number of rotatable bonds is 5. The maximum Gasteiger partial charge on any atom is 0.224 e. The second-order valence-electron chi connectivity index (χ2n) is 4.36. The van der Waals surface area contributed by atoms with Gasteiger partial charge in [0.15, 0.2) is 0 Å². The van der Waals surface area contributed by atoms with E-state index in [4.69, 9.17) is 0 Å². The summed E-state index contributed by atoms with van der Waals surface area (Å²) >= 11 is 0. The SMILES string of the molecule is CC(Cn1ccnc1)C(=O)NCc1ccccc1. The third-order valence-electron chi connectivity index (χ3n) is 2.80.